The van der Waals surface area contributed by atoms with E-state index in [1.807, 2.05) is 30.3 Å². The van der Waals surface area contributed by atoms with Gasteiger partial charge in [-0.05, 0) is 54.5 Å². The lowest BCUT2D eigenvalue weighted by Gasteiger charge is -2.20. The van der Waals surface area contributed by atoms with Crippen LogP contribution < -0.4 is 14.2 Å². The number of esters is 1. The highest BCUT2D eigenvalue weighted by Gasteiger charge is 2.26. The molecule has 2 aromatic rings. The van der Waals surface area contributed by atoms with E-state index in [0.717, 1.165) is 16.7 Å². The molecule has 5 nitrogen and oxygen atoms in total. The summed E-state index contributed by atoms with van der Waals surface area (Å²) in [7, 11) is 1.64. The SMILES string of the molecule is COc1ccc(-c2ccc3c(c2)COC3=O)c(OCC(C)C)c1OCC1CC1. The van der Waals surface area contributed by atoms with Crippen LogP contribution in [0.15, 0.2) is 30.3 Å². The van der Waals surface area contributed by atoms with Gasteiger partial charge in [0.05, 0.1) is 25.9 Å². The first-order chi connectivity index (χ1) is 13.6. The molecule has 0 N–H and O–H groups in total. The summed E-state index contributed by atoms with van der Waals surface area (Å²) in [6.45, 7) is 5.79. The van der Waals surface area contributed by atoms with Crippen LogP contribution in [0.5, 0.6) is 17.2 Å². The zero-order valence-electron chi connectivity index (χ0n) is 16.6. The van der Waals surface area contributed by atoms with Gasteiger partial charge in [0.1, 0.15) is 6.61 Å². The van der Waals surface area contributed by atoms with Gasteiger partial charge >= 0.3 is 5.97 Å². The lowest BCUT2D eigenvalue weighted by Crippen LogP contribution is -2.09. The number of methoxy groups -OCH3 is 1. The predicted octanol–water partition coefficient (Wildman–Crippen LogP) is 4.86. The number of hydrogen-bond acceptors (Lipinski definition) is 5. The summed E-state index contributed by atoms with van der Waals surface area (Å²) in [5, 5.41) is 0. The minimum absolute atomic E-state index is 0.263. The third kappa shape index (κ3) is 3.79. The summed E-state index contributed by atoms with van der Waals surface area (Å²) < 4.78 is 23.1. The number of carbonyl (C=O) groups is 1. The van der Waals surface area contributed by atoms with Crippen LogP contribution in [0.2, 0.25) is 0 Å². The van der Waals surface area contributed by atoms with Crippen molar-refractivity contribution in [3.63, 3.8) is 0 Å². The van der Waals surface area contributed by atoms with E-state index in [1.165, 1.54) is 12.8 Å². The standard InChI is InChI=1S/C23H26O5/c1-14(2)11-26-21-18(16-6-7-19-17(10-16)13-28-23(19)24)8-9-20(25-3)22(21)27-12-15-4-5-15/h6-10,14-15H,4-5,11-13H2,1-3H3. The second-order valence-corrected chi connectivity index (χ2v) is 7.88. The molecule has 2 aliphatic rings. The maximum atomic E-state index is 11.8. The van der Waals surface area contributed by atoms with Gasteiger partial charge in [0.25, 0.3) is 0 Å². The van der Waals surface area contributed by atoms with Crippen LogP contribution in [0, 0.1) is 11.8 Å². The average molecular weight is 382 g/mol. The second-order valence-electron chi connectivity index (χ2n) is 7.88. The monoisotopic (exact) mass is 382 g/mol. The van der Waals surface area contributed by atoms with Gasteiger partial charge in [0.2, 0.25) is 5.75 Å². The highest BCUT2D eigenvalue weighted by molar-refractivity contribution is 5.94. The summed E-state index contributed by atoms with van der Waals surface area (Å²) >= 11 is 0. The number of benzene rings is 2. The van der Waals surface area contributed by atoms with Gasteiger partial charge in [-0.15, -0.1) is 0 Å². The van der Waals surface area contributed by atoms with Crippen LogP contribution in [0.1, 0.15) is 42.6 Å². The molecule has 1 saturated carbocycles. The van der Waals surface area contributed by atoms with E-state index in [1.54, 1.807) is 7.11 Å². The average Bonchev–Trinajstić information content (AvgIpc) is 3.46. The van der Waals surface area contributed by atoms with Crippen LogP contribution in [0.25, 0.3) is 11.1 Å². The summed E-state index contributed by atoms with van der Waals surface area (Å²) in [5.74, 6) is 2.75. The normalized spacial score (nSPS) is 15.4. The zero-order valence-corrected chi connectivity index (χ0v) is 16.6. The van der Waals surface area contributed by atoms with E-state index in [-0.39, 0.29) is 5.97 Å². The first-order valence-corrected chi connectivity index (χ1v) is 9.83. The third-order valence-corrected chi connectivity index (χ3v) is 5.01. The second kappa shape index (κ2) is 7.74. The minimum Gasteiger partial charge on any atom is -0.493 e. The summed E-state index contributed by atoms with van der Waals surface area (Å²) in [4.78, 5) is 11.8. The first kappa shape index (κ1) is 18.7. The first-order valence-electron chi connectivity index (χ1n) is 9.83. The maximum Gasteiger partial charge on any atom is 0.338 e. The molecule has 0 saturated heterocycles. The molecular formula is C23H26O5. The predicted molar refractivity (Wildman–Crippen MR) is 106 cm³/mol. The van der Waals surface area contributed by atoms with E-state index < -0.39 is 0 Å². The van der Waals surface area contributed by atoms with Crippen molar-refractivity contribution in [3.05, 3.63) is 41.5 Å². The Balaban J connectivity index is 1.76. The molecule has 148 valence electrons. The van der Waals surface area contributed by atoms with Crippen molar-refractivity contribution < 1.29 is 23.7 Å². The van der Waals surface area contributed by atoms with Gasteiger partial charge in [0, 0.05) is 11.1 Å². The van der Waals surface area contributed by atoms with E-state index in [0.29, 0.717) is 54.5 Å². The zero-order chi connectivity index (χ0) is 19.7. The van der Waals surface area contributed by atoms with Gasteiger partial charge in [-0.3, -0.25) is 0 Å². The van der Waals surface area contributed by atoms with E-state index >= 15 is 0 Å². The van der Waals surface area contributed by atoms with Crippen molar-refractivity contribution in [2.24, 2.45) is 11.8 Å². The number of fused-ring (bicyclic) bond motifs is 1. The Morgan fingerprint density at radius 2 is 1.86 bits per heavy atom. The molecular weight excluding hydrogens is 356 g/mol. The Morgan fingerprint density at radius 1 is 1.07 bits per heavy atom. The fourth-order valence-corrected chi connectivity index (χ4v) is 3.25. The van der Waals surface area contributed by atoms with Crippen LogP contribution in [0.4, 0.5) is 0 Å². The fraction of sp³-hybridized carbons (Fsp3) is 0.435. The maximum absolute atomic E-state index is 11.8. The molecule has 5 heteroatoms. The lowest BCUT2D eigenvalue weighted by molar-refractivity contribution is 0.0535. The van der Waals surface area contributed by atoms with Gasteiger partial charge < -0.3 is 18.9 Å². The van der Waals surface area contributed by atoms with Gasteiger partial charge in [0.15, 0.2) is 11.5 Å². The highest BCUT2D eigenvalue weighted by atomic mass is 16.5. The molecule has 0 radical (unpaired) electrons. The van der Waals surface area contributed by atoms with Crippen molar-refractivity contribution in [3.8, 4) is 28.4 Å². The van der Waals surface area contributed by atoms with Crippen molar-refractivity contribution in [1.29, 1.82) is 0 Å². The van der Waals surface area contributed by atoms with Crippen LogP contribution in [-0.4, -0.2) is 26.3 Å². The third-order valence-electron chi connectivity index (χ3n) is 5.01. The largest absolute Gasteiger partial charge is 0.493 e. The Kier molecular flexibility index (Phi) is 5.16. The quantitative estimate of drug-likeness (QED) is 0.611. The van der Waals surface area contributed by atoms with Crippen LogP contribution >= 0.6 is 0 Å². The number of hydrogen-bond donors (Lipinski definition) is 0. The van der Waals surface area contributed by atoms with Gasteiger partial charge in [-0.1, -0.05) is 19.9 Å². The van der Waals surface area contributed by atoms with E-state index in [4.69, 9.17) is 18.9 Å². The molecule has 0 bridgehead atoms. The fourth-order valence-electron chi connectivity index (χ4n) is 3.25. The smallest absolute Gasteiger partial charge is 0.338 e. The van der Waals surface area contributed by atoms with Gasteiger partial charge in [-0.2, -0.15) is 0 Å². The number of rotatable bonds is 8. The Hall–Kier alpha value is -2.69. The molecule has 0 aromatic heterocycles. The van der Waals surface area contributed by atoms with Crippen molar-refractivity contribution in [1.82, 2.24) is 0 Å². The Morgan fingerprint density at radius 3 is 2.57 bits per heavy atom. The van der Waals surface area contributed by atoms with Crippen LogP contribution in [-0.2, 0) is 11.3 Å². The summed E-state index contributed by atoms with van der Waals surface area (Å²) in [5.41, 5.74) is 3.42. The summed E-state index contributed by atoms with van der Waals surface area (Å²) in [6.07, 6.45) is 2.42. The molecule has 1 aliphatic carbocycles. The van der Waals surface area contributed by atoms with Crippen molar-refractivity contribution in [2.75, 3.05) is 20.3 Å². The molecule has 0 unspecified atom stereocenters. The van der Waals surface area contributed by atoms with Crippen molar-refractivity contribution in [2.45, 2.75) is 33.3 Å². The molecule has 0 spiro atoms. The molecule has 4 rings (SSSR count). The molecule has 0 atom stereocenters. The molecule has 0 amide bonds. The highest BCUT2D eigenvalue weighted by Crippen LogP contribution is 2.46. The number of carbonyl (C=O) groups excluding carboxylic acids is 1. The molecule has 1 heterocycles. The Bertz CT molecular complexity index is 883. The lowest BCUT2D eigenvalue weighted by atomic mass is 9.99. The molecule has 2 aromatic carbocycles. The molecule has 1 aliphatic heterocycles. The van der Waals surface area contributed by atoms with Crippen LogP contribution in [0.3, 0.4) is 0 Å². The van der Waals surface area contributed by atoms with Crippen molar-refractivity contribution >= 4 is 5.97 Å². The number of cyclic esters (lactones) is 1. The summed E-state index contributed by atoms with van der Waals surface area (Å²) in [6, 6.07) is 9.64. The molecule has 1 fully saturated rings. The minimum atomic E-state index is -0.263. The van der Waals surface area contributed by atoms with Gasteiger partial charge in [-0.25, -0.2) is 4.79 Å². The Labute approximate surface area is 165 Å². The number of ether oxygens (including phenoxy) is 4. The van der Waals surface area contributed by atoms with E-state index in [9.17, 15) is 4.79 Å². The topological polar surface area (TPSA) is 54.0 Å². The van der Waals surface area contributed by atoms with E-state index in [2.05, 4.69) is 13.8 Å². The molecule has 28 heavy (non-hydrogen) atoms.